The second-order valence-electron chi connectivity index (χ2n) is 8.32. The zero-order valence-electron chi connectivity index (χ0n) is 19.0. The number of amides is 2. The van der Waals surface area contributed by atoms with Crippen molar-refractivity contribution in [2.75, 3.05) is 13.2 Å². The third-order valence-electron chi connectivity index (χ3n) is 4.80. The summed E-state index contributed by atoms with van der Waals surface area (Å²) in [5.41, 5.74) is -2.77. The van der Waals surface area contributed by atoms with Crippen LogP contribution < -0.4 is 10.6 Å². The second-order valence-corrected chi connectivity index (χ2v) is 8.32. The topological polar surface area (TPSA) is 120 Å². The lowest BCUT2D eigenvalue weighted by molar-refractivity contribution is -0.169. The van der Waals surface area contributed by atoms with Crippen molar-refractivity contribution in [3.05, 3.63) is 0 Å². The Balaban J connectivity index is 3.28. The third-order valence-corrected chi connectivity index (χ3v) is 4.80. The Bertz CT molecular complexity index is 609. The average molecular weight is 429 g/mol. The largest absolute Gasteiger partial charge is 0.464 e. The summed E-state index contributed by atoms with van der Waals surface area (Å²) in [6, 6.07) is -1.13. The van der Waals surface area contributed by atoms with Crippen LogP contribution in [0.4, 0.5) is 4.79 Å². The maximum absolute atomic E-state index is 12.9. The Morgan fingerprint density at radius 2 is 1.57 bits per heavy atom. The van der Waals surface area contributed by atoms with Gasteiger partial charge in [-0.3, -0.25) is 4.79 Å². The minimum Gasteiger partial charge on any atom is -0.464 e. The molecule has 2 atom stereocenters. The molecule has 1 aliphatic heterocycles. The molecule has 1 heterocycles. The lowest BCUT2D eigenvalue weighted by atomic mass is 9.79. The van der Waals surface area contributed by atoms with E-state index in [1.807, 2.05) is 0 Å². The van der Waals surface area contributed by atoms with Crippen LogP contribution in [0.2, 0.25) is 0 Å². The lowest BCUT2D eigenvalue weighted by Gasteiger charge is -2.32. The molecule has 0 aliphatic carbocycles. The zero-order chi connectivity index (χ0) is 22.9. The Labute approximate surface area is 178 Å². The summed E-state index contributed by atoms with van der Waals surface area (Å²) in [6.07, 6.45) is 3.05. The number of nitrogens with one attached hydrogen (secondary N) is 2. The summed E-state index contributed by atoms with van der Waals surface area (Å²) >= 11 is 0. The first kappa shape index (κ1) is 25.7. The zero-order valence-corrected chi connectivity index (χ0v) is 19.0. The molecule has 172 valence electrons. The Morgan fingerprint density at radius 1 is 1.00 bits per heavy atom. The van der Waals surface area contributed by atoms with E-state index in [9.17, 15) is 19.2 Å². The molecule has 0 saturated carbocycles. The molecule has 9 heteroatoms. The van der Waals surface area contributed by atoms with Gasteiger partial charge in [0.25, 0.3) is 0 Å². The predicted octanol–water partition coefficient (Wildman–Crippen LogP) is 2.46. The summed E-state index contributed by atoms with van der Waals surface area (Å²) in [4.78, 5) is 51.0. The average Bonchev–Trinajstić information content (AvgIpc) is 2.91. The van der Waals surface area contributed by atoms with E-state index in [-0.39, 0.29) is 13.2 Å². The molecule has 2 N–H and O–H groups in total. The van der Waals surface area contributed by atoms with E-state index >= 15 is 0 Å². The Morgan fingerprint density at radius 3 is 2.03 bits per heavy atom. The van der Waals surface area contributed by atoms with Crippen LogP contribution in [0.5, 0.6) is 0 Å². The normalized spacial score (nSPS) is 20.3. The van der Waals surface area contributed by atoms with Crippen LogP contribution in [0, 0.1) is 5.92 Å². The first-order chi connectivity index (χ1) is 14.0. The molecular weight excluding hydrogens is 392 g/mol. The number of rotatable bonds is 10. The van der Waals surface area contributed by atoms with Gasteiger partial charge in [-0.1, -0.05) is 32.6 Å². The van der Waals surface area contributed by atoms with Crippen molar-refractivity contribution < 1.29 is 33.4 Å². The Kier molecular flexibility index (Phi) is 9.58. The fourth-order valence-corrected chi connectivity index (χ4v) is 3.55. The first-order valence-electron chi connectivity index (χ1n) is 10.7. The predicted molar refractivity (Wildman–Crippen MR) is 110 cm³/mol. The highest BCUT2D eigenvalue weighted by atomic mass is 16.6. The molecule has 1 fully saturated rings. The quantitative estimate of drug-likeness (QED) is 0.237. The van der Waals surface area contributed by atoms with E-state index in [0.717, 1.165) is 19.3 Å². The van der Waals surface area contributed by atoms with E-state index in [4.69, 9.17) is 14.2 Å². The molecule has 9 nitrogen and oxygen atoms in total. The molecule has 0 aromatic carbocycles. The summed E-state index contributed by atoms with van der Waals surface area (Å²) in [7, 11) is 0. The van der Waals surface area contributed by atoms with Crippen molar-refractivity contribution >= 4 is 23.9 Å². The van der Waals surface area contributed by atoms with Crippen LogP contribution in [-0.4, -0.2) is 54.3 Å². The first-order valence-corrected chi connectivity index (χ1v) is 10.7. The van der Waals surface area contributed by atoms with Crippen molar-refractivity contribution in [3.8, 4) is 0 Å². The fourth-order valence-electron chi connectivity index (χ4n) is 3.55. The number of unbranched alkanes of at least 4 members (excludes halogenated alkanes) is 3. The van der Waals surface area contributed by atoms with Crippen LogP contribution in [0.3, 0.4) is 0 Å². The molecule has 30 heavy (non-hydrogen) atoms. The summed E-state index contributed by atoms with van der Waals surface area (Å²) in [6.45, 7) is 10.4. The number of esters is 2. The fraction of sp³-hybridized carbons (Fsp3) is 0.810. The minimum atomic E-state index is -2.00. The number of hydrogen-bond donors (Lipinski definition) is 2. The highest BCUT2D eigenvalue weighted by molar-refractivity contribution is 6.12. The van der Waals surface area contributed by atoms with Gasteiger partial charge in [-0.15, -0.1) is 0 Å². The van der Waals surface area contributed by atoms with Gasteiger partial charge in [0.05, 0.1) is 13.2 Å². The SMILES string of the molecule is CCCCCC[C@H]1[C@@H](NC(=O)OC(C)(C)C)C(=O)NC1(C(=O)OCC)C(=O)OCC. The van der Waals surface area contributed by atoms with Crippen molar-refractivity contribution in [1.29, 1.82) is 0 Å². The maximum atomic E-state index is 12.9. The molecule has 0 aromatic rings. The smallest absolute Gasteiger partial charge is 0.408 e. The molecular formula is C21H36N2O7. The van der Waals surface area contributed by atoms with Gasteiger partial charge in [0, 0.05) is 5.92 Å². The van der Waals surface area contributed by atoms with Crippen LogP contribution in [-0.2, 0) is 28.6 Å². The number of ether oxygens (including phenoxy) is 3. The summed E-state index contributed by atoms with van der Waals surface area (Å²) in [5.74, 6) is -3.29. The van der Waals surface area contributed by atoms with Gasteiger partial charge in [0.2, 0.25) is 11.4 Å². The second kappa shape index (κ2) is 11.2. The van der Waals surface area contributed by atoms with E-state index in [0.29, 0.717) is 12.8 Å². The molecule has 1 saturated heterocycles. The molecule has 0 unspecified atom stereocenters. The van der Waals surface area contributed by atoms with Crippen LogP contribution in [0.25, 0.3) is 0 Å². The third kappa shape index (κ3) is 6.34. The maximum Gasteiger partial charge on any atom is 0.408 e. The number of carbonyl (C=O) groups is 4. The monoisotopic (exact) mass is 428 g/mol. The van der Waals surface area contributed by atoms with E-state index < -0.39 is 47.0 Å². The van der Waals surface area contributed by atoms with Crippen LogP contribution in [0.15, 0.2) is 0 Å². The molecule has 0 spiro atoms. The standard InChI is InChI=1S/C21H36N2O7/c1-7-10-11-12-13-14-15(22-19(27)30-20(4,5)6)16(24)23-21(14,17(25)28-8-2)18(26)29-9-3/h14-15H,7-13H2,1-6H3,(H,22,27)(H,23,24)/t14-,15+/m0/s1. The Hall–Kier alpha value is -2.32. The van der Waals surface area contributed by atoms with E-state index in [2.05, 4.69) is 17.6 Å². The molecule has 0 aromatic heterocycles. The molecule has 0 bridgehead atoms. The minimum absolute atomic E-state index is 0.0303. The lowest BCUT2D eigenvalue weighted by Crippen LogP contribution is -2.61. The number of hydrogen-bond acceptors (Lipinski definition) is 7. The molecule has 0 radical (unpaired) electrons. The summed E-state index contributed by atoms with van der Waals surface area (Å²) in [5, 5.41) is 5.02. The van der Waals surface area contributed by atoms with Gasteiger partial charge in [-0.2, -0.15) is 0 Å². The number of carbonyl (C=O) groups excluding carboxylic acids is 4. The van der Waals surface area contributed by atoms with Gasteiger partial charge in [0.1, 0.15) is 11.6 Å². The highest BCUT2D eigenvalue weighted by Crippen LogP contribution is 2.35. The molecule has 2 amide bonds. The van der Waals surface area contributed by atoms with Crippen molar-refractivity contribution in [2.45, 2.75) is 90.8 Å². The van der Waals surface area contributed by atoms with E-state index in [1.54, 1.807) is 34.6 Å². The van der Waals surface area contributed by atoms with Gasteiger partial charge in [-0.05, 0) is 41.0 Å². The van der Waals surface area contributed by atoms with Gasteiger partial charge in [-0.25, -0.2) is 14.4 Å². The van der Waals surface area contributed by atoms with Gasteiger partial charge < -0.3 is 24.8 Å². The van der Waals surface area contributed by atoms with E-state index in [1.165, 1.54) is 0 Å². The highest BCUT2D eigenvalue weighted by Gasteiger charge is 2.64. The number of alkyl carbamates (subject to hydrolysis) is 1. The van der Waals surface area contributed by atoms with Crippen molar-refractivity contribution in [2.24, 2.45) is 5.92 Å². The van der Waals surface area contributed by atoms with Crippen LogP contribution >= 0.6 is 0 Å². The van der Waals surface area contributed by atoms with Gasteiger partial charge in [0.15, 0.2) is 0 Å². The molecule has 1 rings (SSSR count). The molecule has 1 aliphatic rings. The van der Waals surface area contributed by atoms with Crippen LogP contribution in [0.1, 0.15) is 73.6 Å². The van der Waals surface area contributed by atoms with Gasteiger partial charge >= 0.3 is 18.0 Å². The summed E-state index contributed by atoms with van der Waals surface area (Å²) < 4.78 is 15.5. The van der Waals surface area contributed by atoms with Crippen molar-refractivity contribution in [3.63, 3.8) is 0 Å². The van der Waals surface area contributed by atoms with Crippen molar-refractivity contribution in [1.82, 2.24) is 10.6 Å².